The molecule has 0 unspecified atom stereocenters. The van der Waals surface area contributed by atoms with E-state index in [2.05, 4.69) is 198 Å². The molecule has 0 bridgehead atoms. The maximum atomic E-state index is 7.09. The number of ether oxygens (including phenoxy) is 1. The van der Waals surface area contributed by atoms with Crippen LogP contribution >= 0.6 is 35.3 Å². The molecule has 63 heavy (non-hydrogen) atoms. The van der Waals surface area contributed by atoms with Crippen molar-refractivity contribution >= 4 is 139 Å². The van der Waals surface area contributed by atoms with Crippen LogP contribution in [0.2, 0.25) is 0 Å². The lowest BCUT2D eigenvalue weighted by molar-refractivity contribution is 0.486. The Balaban J connectivity index is 1.07. The van der Waals surface area contributed by atoms with Crippen molar-refractivity contribution in [2.75, 3.05) is 9.80 Å². The SMILES string of the molecule is c1ccc(N2c3cc4c(cc3B3c5c2cccc5N(c2ccccc2)c2cc5c6c(c23)Sc2ccccc2B6c2ccccc2S5)B2c3ccccc3Sc3cccc(c32)O4)cc1. The highest BCUT2D eigenvalue weighted by molar-refractivity contribution is 8.01. The van der Waals surface area contributed by atoms with Gasteiger partial charge in [0, 0.05) is 69.6 Å². The highest BCUT2D eigenvalue weighted by Gasteiger charge is 2.50. The van der Waals surface area contributed by atoms with Gasteiger partial charge in [-0.15, -0.1) is 0 Å². The first-order valence-electron chi connectivity index (χ1n) is 21.6. The largest absolute Gasteiger partial charge is 0.458 e. The molecule has 6 aliphatic rings. The minimum Gasteiger partial charge on any atom is -0.458 e. The van der Waals surface area contributed by atoms with Crippen LogP contribution in [0.5, 0.6) is 11.5 Å². The second kappa shape index (κ2) is 13.1. The van der Waals surface area contributed by atoms with E-state index >= 15 is 0 Å². The van der Waals surface area contributed by atoms with Crippen molar-refractivity contribution in [2.45, 2.75) is 29.4 Å². The third kappa shape index (κ3) is 4.80. The van der Waals surface area contributed by atoms with Crippen molar-refractivity contribution in [1.82, 2.24) is 0 Å². The molecule has 0 amide bonds. The summed E-state index contributed by atoms with van der Waals surface area (Å²) < 4.78 is 7.09. The summed E-state index contributed by atoms with van der Waals surface area (Å²) in [6.45, 7) is 0.134. The lowest BCUT2D eigenvalue weighted by atomic mass is 9.30. The summed E-state index contributed by atoms with van der Waals surface area (Å²) in [5, 5.41) is 0. The van der Waals surface area contributed by atoms with Gasteiger partial charge in [0.25, 0.3) is 13.4 Å². The van der Waals surface area contributed by atoms with Gasteiger partial charge in [-0.05, 0) is 106 Å². The van der Waals surface area contributed by atoms with Crippen molar-refractivity contribution in [2.24, 2.45) is 0 Å². The lowest BCUT2D eigenvalue weighted by Gasteiger charge is -2.46. The van der Waals surface area contributed by atoms with E-state index in [1.807, 2.05) is 35.3 Å². The zero-order chi connectivity index (χ0) is 40.9. The Bertz CT molecular complexity index is 3450. The quantitative estimate of drug-likeness (QED) is 0.162. The maximum absolute atomic E-state index is 7.09. The second-order valence-corrected chi connectivity index (χ2v) is 20.3. The second-order valence-electron chi connectivity index (χ2n) is 17.0. The van der Waals surface area contributed by atoms with Crippen molar-refractivity contribution in [3.05, 3.63) is 188 Å². The van der Waals surface area contributed by atoms with Crippen molar-refractivity contribution in [3.8, 4) is 11.5 Å². The van der Waals surface area contributed by atoms with Crippen molar-refractivity contribution in [3.63, 3.8) is 0 Å². The summed E-state index contributed by atoms with van der Waals surface area (Å²) >= 11 is 5.77. The molecule has 0 N–H and O–H groups in total. The van der Waals surface area contributed by atoms with Crippen LogP contribution in [0.15, 0.2) is 217 Å². The lowest BCUT2D eigenvalue weighted by Crippen LogP contribution is -2.66. The predicted octanol–water partition coefficient (Wildman–Crippen LogP) is 8.30. The number of rotatable bonds is 2. The third-order valence-corrected chi connectivity index (χ3v) is 17.4. The van der Waals surface area contributed by atoms with Crippen molar-refractivity contribution in [1.29, 1.82) is 0 Å². The first-order valence-corrected chi connectivity index (χ1v) is 24.0. The molecule has 6 aliphatic heterocycles. The van der Waals surface area contributed by atoms with Gasteiger partial charge in [0.15, 0.2) is 0 Å². The van der Waals surface area contributed by atoms with Crippen LogP contribution in [0.1, 0.15) is 0 Å². The fourth-order valence-electron chi connectivity index (χ4n) is 11.4. The molecule has 290 valence electrons. The molecular weight excluding hydrogens is 821 g/mol. The summed E-state index contributed by atoms with van der Waals surface area (Å²) in [5.74, 6) is 1.88. The number of nitrogens with zero attached hydrogens (tertiary/aromatic N) is 2. The number of hydrogen-bond donors (Lipinski definition) is 0. The molecule has 0 saturated heterocycles. The molecule has 0 saturated carbocycles. The molecule has 0 aromatic heterocycles. The van der Waals surface area contributed by atoms with Crippen LogP contribution in [0.3, 0.4) is 0 Å². The standard InChI is InChI=1S/C54H31B3N2OS3/c1-3-15-32(16-4-1)58-39-22-13-23-40-50(39)57(37-29-38-44(30-41(37)58)60-43-24-14-28-48-52(43)56(38)35-20-8-10-25-45(35)61-48)51-42(59(40)33-17-5-2-6-18-33)31-49-53-54(51)63-47-27-12-9-21-36(47)55(53)34-19-7-11-26-46(34)62-49/h1-31H. The Hall–Kier alpha value is -6.38. The molecule has 0 fully saturated rings. The number of benzene rings is 9. The maximum Gasteiger partial charge on any atom is 0.253 e. The van der Waals surface area contributed by atoms with Gasteiger partial charge in [0.05, 0.1) is 0 Å². The van der Waals surface area contributed by atoms with Gasteiger partial charge in [-0.3, -0.25) is 0 Å². The van der Waals surface area contributed by atoms with E-state index in [-0.39, 0.29) is 20.1 Å². The van der Waals surface area contributed by atoms with Gasteiger partial charge in [-0.25, -0.2) is 0 Å². The zero-order valence-electron chi connectivity index (χ0n) is 33.7. The van der Waals surface area contributed by atoms with E-state index in [1.165, 1.54) is 95.6 Å². The molecule has 9 heteroatoms. The Morgan fingerprint density at radius 3 is 1.52 bits per heavy atom. The van der Waals surface area contributed by atoms with Crippen LogP contribution < -0.4 is 63.7 Å². The predicted molar refractivity (Wildman–Crippen MR) is 268 cm³/mol. The summed E-state index contributed by atoms with van der Waals surface area (Å²) in [7, 11) is 0. The molecule has 9 aromatic rings. The smallest absolute Gasteiger partial charge is 0.253 e. The number of anilines is 6. The van der Waals surface area contributed by atoms with Gasteiger partial charge < -0.3 is 14.5 Å². The van der Waals surface area contributed by atoms with Gasteiger partial charge in [-0.1, -0.05) is 161 Å². The van der Waals surface area contributed by atoms with E-state index < -0.39 is 0 Å². The Labute approximate surface area is 379 Å². The summed E-state index contributed by atoms with van der Waals surface area (Å²) in [6, 6.07) is 70.2. The van der Waals surface area contributed by atoms with Crippen LogP contribution in [0, 0.1) is 0 Å². The molecule has 0 aliphatic carbocycles. The Morgan fingerprint density at radius 2 is 0.857 bits per heavy atom. The minimum absolute atomic E-state index is 0.0498. The van der Waals surface area contributed by atoms with E-state index in [9.17, 15) is 0 Å². The Kier molecular flexibility index (Phi) is 7.30. The summed E-state index contributed by atoms with van der Waals surface area (Å²) in [5.41, 5.74) is 19.2. The van der Waals surface area contributed by atoms with Crippen molar-refractivity contribution < 1.29 is 4.74 Å². The van der Waals surface area contributed by atoms with E-state index in [4.69, 9.17) is 4.74 Å². The fraction of sp³-hybridized carbons (Fsp3) is 0. The molecule has 15 rings (SSSR count). The fourth-order valence-corrected chi connectivity index (χ4v) is 15.2. The average molecular weight is 852 g/mol. The zero-order valence-corrected chi connectivity index (χ0v) is 36.1. The van der Waals surface area contributed by atoms with Crippen LogP contribution in [0.4, 0.5) is 34.1 Å². The van der Waals surface area contributed by atoms with E-state index in [0.29, 0.717) is 0 Å². The molecule has 0 radical (unpaired) electrons. The van der Waals surface area contributed by atoms with Crippen LogP contribution in [-0.4, -0.2) is 20.1 Å². The highest BCUT2D eigenvalue weighted by atomic mass is 32.2. The molecule has 6 heterocycles. The first-order chi connectivity index (χ1) is 31.3. The average Bonchev–Trinajstić information content (AvgIpc) is 3.33. The highest BCUT2D eigenvalue weighted by Crippen LogP contribution is 2.49. The normalized spacial score (nSPS) is 14.8. The minimum atomic E-state index is -0.0582. The molecule has 9 aromatic carbocycles. The molecule has 3 nitrogen and oxygen atoms in total. The molecular formula is C54H31B3N2OS3. The summed E-state index contributed by atoms with van der Waals surface area (Å²) in [6.07, 6.45) is 0. The monoisotopic (exact) mass is 852 g/mol. The summed E-state index contributed by atoms with van der Waals surface area (Å²) in [4.78, 5) is 13.1. The van der Waals surface area contributed by atoms with Gasteiger partial charge >= 0.3 is 0 Å². The van der Waals surface area contributed by atoms with Gasteiger partial charge in [0.1, 0.15) is 11.5 Å². The number of fused-ring (bicyclic) bond motifs is 13. The first kappa shape index (κ1) is 35.1. The number of hydrogen-bond acceptors (Lipinski definition) is 6. The van der Waals surface area contributed by atoms with Gasteiger partial charge in [0.2, 0.25) is 6.71 Å². The Morgan fingerprint density at radius 1 is 0.317 bits per heavy atom. The van der Waals surface area contributed by atoms with Crippen LogP contribution in [0.25, 0.3) is 0 Å². The van der Waals surface area contributed by atoms with Gasteiger partial charge in [-0.2, -0.15) is 0 Å². The van der Waals surface area contributed by atoms with E-state index in [1.54, 1.807) is 0 Å². The topological polar surface area (TPSA) is 15.7 Å². The van der Waals surface area contributed by atoms with E-state index in [0.717, 1.165) is 28.6 Å². The third-order valence-electron chi connectivity index (χ3n) is 13.9. The molecule has 0 atom stereocenters. The number of para-hydroxylation sites is 2. The van der Waals surface area contributed by atoms with Crippen LogP contribution in [-0.2, 0) is 0 Å². The molecule has 0 spiro atoms.